The number of anilines is 1. The minimum Gasteiger partial charge on any atom is -0.490 e. The number of carbonyl (C=O) groups excluding carboxylic acids is 1. The van der Waals surface area contributed by atoms with Crippen molar-refractivity contribution in [3.8, 4) is 5.75 Å². The molecule has 0 aliphatic rings. The van der Waals surface area contributed by atoms with E-state index in [1.54, 1.807) is 10.9 Å². The average Bonchev–Trinajstić information content (AvgIpc) is 2.96. The van der Waals surface area contributed by atoms with Crippen LogP contribution in [0.4, 0.5) is 11.4 Å². The largest absolute Gasteiger partial charge is 0.490 e. The molecule has 2 rings (SSSR count). The Labute approximate surface area is 120 Å². The van der Waals surface area contributed by atoms with Crippen molar-refractivity contribution in [3.63, 3.8) is 0 Å². The van der Waals surface area contributed by atoms with Crippen LogP contribution in [0.25, 0.3) is 0 Å². The molecule has 1 N–H and O–H groups in total. The van der Waals surface area contributed by atoms with Crippen molar-refractivity contribution in [1.82, 2.24) is 9.78 Å². The van der Waals surface area contributed by atoms with Crippen molar-refractivity contribution >= 4 is 17.3 Å². The van der Waals surface area contributed by atoms with E-state index in [0.717, 1.165) is 0 Å². The zero-order chi connectivity index (χ0) is 15.4. The third-order valence-electron chi connectivity index (χ3n) is 2.85. The molecule has 0 unspecified atom stereocenters. The molecule has 0 radical (unpaired) electrons. The van der Waals surface area contributed by atoms with Gasteiger partial charge >= 0.3 is 5.69 Å². The Hall–Kier alpha value is -2.90. The summed E-state index contributed by atoms with van der Waals surface area (Å²) in [5, 5.41) is 17.5. The molecular formula is C13H14N4O4. The first kappa shape index (κ1) is 14.5. The maximum Gasteiger partial charge on any atom is 0.312 e. The van der Waals surface area contributed by atoms with Crippen LogP contribution < -0.4 is 10.1 Å². The van der Waals surface area contributed by atoms with Gasteiger partial charge in [-0.15, -0.1) is 0 Å². The van der Waals surface area contributed by atoms with Gasteiger partial charge in [0.1, 0.15) is 0 Å². The number of nitrogens with one attached hydrogen (secondary N) is 1. The van der Waals surface area contributed by atoms with Gasteiger partial charge in [0.15, 0.2) is 5.75 Å². The summed E-state index contributed by atoms with van der Waals surface area (Å²) in [5.41, 5.74) is 0.492. The molecule has 0 fully saturated rings. The lowest BCUT2D eigenvalue weighted by Crippen LogP contribution is -2.11. The standard InChI is InChI=1S/C13H14N4O4/c1-3-16-8-9(7-14-16)13(18)15-10-4-5-12(21-2)11(6-10)17(19)20/h4-8H,3H2,1-2H3,(H,15,18). The van der Waals surface area contributed by atoms with Crippen LogP contribution in [-0.4, -0.2) is 27.7 Å². The summed E-state index contributed by atoms with van der Waals surface area (Å²) in [6, 6.07) is 4.22. The Morgan fingerprint density at radius 3 is 2.86 bits per heavy atom. The van der Waals surface area contributed by atoms with Crippen LogP contribution in [0.2, 0.25) is 0 Å². The van der Waals surface area contributed by atoms with Crippen molar-refractivity contribution in [2.24, 2.45) is 0 Å². The van der Waals surface area contributed by atoms with Crippen molar-refractivity contribution in [2.45, 2.75) is 13.5 Å². The van der Waals surface area contributed by atoms with Gasteiger partial charge in [-0.2, -0.15) is 5.10 Å². The number of carbonyl (C=O) groups is 1. The summed E-state index contributed by atoms with van der Waals surface area (Å²) < 4.78 is 6.52. The molecule has 0 spiro atoms. The lowest BCUT2D eigenvalue weighted by molar-refractivity contribution is -0.385. The third kappa shape index (κ3) is 3.16. The van der Waals surface area contributed by atoms with E-state index in [-0.39, 0.29) is 17.3 Å². The minimum absolute atomic E-state index is 0.136. The molecule has 1 heterocycles. The summed E-state index contributed by atoms with van der Waals surface area (Å²) >= 11 is 0. The first-order valence-electron chi connectivity index (χ1n) is 6.21. The molecular weight excluding hydrogens is 276 g/mol. The molecule has 110 valence electrons. The van der Waals surface area contributed by atoms with E-state index >= 15 is 0 Å². The summed E-state index contributed by atoms with van der Waals surface area (Å²) in [6.07, 6.45) is 3.05. The number of hydrogen-bond acceptors (Lipinski definition) is 5. The molecule has 0 saturated carbocycles. The molecule has 0 bridgehead atoms. The van der Waals surface area contributed by atoms with E-state index in [0.29, 0.717) is 17.8 Å². The van der Waals surface area contributed by atoms with Crippen LogP contribution in [0.3, 0.4) is 0 Å². The second-order valence-corrected chi connectivity index (χ2v) is 4.18. The van der Waals surface area contributed by atoms with Crippen LogP contribution in [0.5, 0.6) is 5.75 Å². The topological polar surface area (TPSA) is 99.3 Å². The lowest BCUT2D eigenvalue weighted by atomic mass is 10.2. The van der Waals surface area contributed by atoms with Crippen LogP contribution in [0.1, 0.15) is 17.3 Å². The molecule has 1 aromatic carbocycles. The minimum atomic E-state index is -0.566. The number of rotatable bonds is 5. The summed E-state index contributed by atoms with van der Waals surface area (Å²) in [7, 11) is 1.35. The van der Waals surface area contributed by atoms with Gasteiger partial charge in [0, 0.05) is 24.5 Å². The molecule has 0 saturated heterocycles. The number of nitro groups is 1. The lowest BCUT2D eigenvalue weighted by Gasteiger charge is -2.06. The monoisotopic (exact) mass is 290 g/mol. The number of amides is 1. The molecule has 8 nitrogen and oxygen atoms in total. The van der Waals surface area contributed by atoms with E-state index < -0.39 is 4.92 Å². The summed E-state index contributed by atoms with van der Waals surface area (Å²) in [4.78, 5) is 22.4. The Morgan fingerprint density at radius 2 is 2.29 bits per heavy atom. The van der Waals surface area contributed by atoms with Crippen molar-refractivity contribution < 1.29 is 14.5 Å². The smallest absolute Gasteiger partial charge is 0.312 e. The van der Waals surface area contributed by atoms with Crippen LogP contribution in [0.15, 0.2) is 30.6 Å². The van der Waals surface area contributed by atoms with Gasteiger partial charge in [-0.3, -0.25) is 19.6 Å². The fourth-order valence-corrected chi connectivity index (χ4v) is 1.77. The van der Waals surface area contributed by atoms with E-state index in [4.69, 9.17) is 4.74 Å². The predicted octanol–water partition coefficient (Wildman–Crippen LogP) is 2.07. The molecule has 2 aromatic rings. The van der Waals surface area contributed by atoms with E-state index in [9.17, 15) is 14.9 Å². The molecule has 0 atom stereocenters. The normalized spacial score (nSPS) is 10.2. The second kappa shape index (κ2) is 6.04. The number of methoxy groups -OCH3 is 1. The Balaban J connectivity index is 2.21. The molecule has 21 heavy (non-hydrogen) atoms. The van der Waals surface area contributed by atoms with Crippen molar-refractivity contribution in [1.29, 1.82) is 0 Å². The van der Waals surface area contributed by atoms with Crippen LogP contribution in [0, 0.1) is 10.1 Å². The number of aromatic nitrogens is 2. The first-order chi connectivity index (χ1) is 10.0. The number of nitrogens with zero attached hydrogens (tertiary/aromatic N) is 3. The van der Waals surface area contributed by atoms with Gasteiger partial charge in [-0.25, -0.2) is 0 Å². The second-order valence-electron chi connectivity index (χ2n) is 4.18. The highest BCUT2D eigenvalue weighted by Crippen LogP contribution is 2.29. The van der Waals surface area contributed by atoms with Gasteiger partial charge in [0.25, 0.3) is 5.91 Å². The van der Waals surface area contributed by atoms with Gasteiger partial charge in [0.05, 0.1) is 23.8 Å². The van der Waals surface area contributed by atoms with Crippen molar-refractivity contribution in [2.75, 3.05) is 12.4 Å². The maximum absolute atomic E-state index is 12.0. The Kier molecular flexibility index (Phi) is 4.17. The molecule has 0 aliphatic heterocycles. The average molecular weight is 290 g/mol. The molecule has 0 aliphatic carbocycles. The number of benzene rings is 1. The fraction of sp³-hybridized carbons (Fsp3) is 0.231. The highest BCUT2D eigenvalue weighted by Gasteiger charge is 2.17. The predicted molar refractivity (Wildman–Crippen MR) is 75.5 cm³/mol. The first-order valence-corrected chi connectivity index (χ1v) is 6.21. The van der Waals surface area contributed by atoms with E-state index in [1.807, 2.05) is 6.92 Å². The SMILES string of the molecule is CCn1cc(C(=O)Nc2ccc(OC)c([N+](=O)[O-])c2)cn1. The van der Waals surface area contributed by atoms with E-state index in [1.165, 1.54) is 31.5 Å². The van der Waals surface area contributed by atoms with Crippen LogP contribution in [-0.2, 0) is 6.54 Å². The number of aryl methyl sites for hydroxylation is 1. The maximum atomic E-state index is 12.0. The highest BCUT2D eigenvalue weighted by atomic mass is 16.6. The Bertz CT molecular complexity index is 681. The Morgan fingerprint density at radius 1 is 1.52 bits per heavy atom. The van der Waals surface area contributed by atoms with Gasteiger partial charge in [0.2, 0.25) is 0 Å². The zero-order valence-electron chi connectivity index (χ0n) is 11.6. The number of hydrogen-bond donors (Lipinski definition) is 1. The zero-order valence-corrected chi connectivity index (χ0v) is 11.6. The van der Waals surface area contributed by atoms with Crippen LogP contribution >= 0.6 is 0 Å². The summed E-state index contributed by atoms with van der Waals surface area (Å²) in [6.45, 7) is 2.56. The molecule has 1 amide bonds. The van der Waals surface area contributed by atoms with Gasteiger partial charge in [-0.1, -0.05) is 0 Å². The third-order valence-corrected chi connectivity index (χ3v) is 2.85. The van der Waals surface area contributed by atoms with Gasteiger partial charge in [-0.05, 0) is 19.1 Å². The molecule has 1 aromatic heterocycles. The number of nitro benzene ring substituents is 1. The van der Waals surface area contributed by atoms with Gasteiger partial charge < -0.3 is 10.1 Å². The number of ether oxygens (including phenoxy) is 1. The van der Waals surface area contributed by atoms with E-state index in [2.05, 4.69) is 10.4 Å². The molecule has 8 heteroatoms. The summed E-state index contributed by atoms with van der Waals surface area (Å²) in [5.74, 6) is -0.244. The highest BCUT2D eigenvalue weighted by molar-refractivity contribution is 6.04. The van der Waals surface area contributed by atoms with Crippen molar-refractivity contribution in [3.05, 3.63) is 46.3 Å². The quantitative estimate of drug-likeness (QED) is 0.671. The fourth-order valence-electron chi connectivity index (χ4n) is 1.77.